The van der Waals surface area contributed by atoms with Gasteiger partial charge < -0.3 is 9.72 Å². The van der Waals surface area contributed by atoms with Crippen LogP contribution >= 0.6 is 0 Å². The lowest BCUT2D eigenvalue weighted by molar-refractivity contribution is 0.284. The van der Waals surface area contributed by atoms with Gasteiger partial charge in [-0.15, -0.1) is 0 Å². The van der Waals surface area contributed by atoms with Crippen LogP contribution in [0, 0.1) is 0 Å². The highest BCUT2D eigenvalue weighted by atomic mass is 32.2. The molecule has 7 heteroatoms. The zero-order valence-corrected chi connectivity index (χ0v) is 11.6. The fourth-order valence-electron chi connectivity index (χ4n) is 2.22. The summed E-state index contributed by atoms with van der Waals surface area (Å²) in [5.41, 5.74) is 1.11. The Labute approximate surface area is 117 Å². The summed E-state index contributed by atoms with van der Waals surface area (Å²) in [4.78, 5) is 6.32. The van der Waals surface area contributed by atoms with Gasteiger partial charge in [0.15, 0.2) is 5.03 Å². The van der Waals surface area contributed by atoms with Crippen LogP contribution in [0.25, 0.3) is 0 Å². The summed E-state index contributed by atoms with van der Waals surface area (Å²) in [6.07, 6.45) is 4.11. The summed E-state index contributed by atoms with van der Waals surface area (Å²) < 4.78 is 32.5. The number of aryl methyl sites for hydroxylation is 1. The molecule has 2 heterocycles. The van der Waals surface area contributed by atoms with E-state index in [-0.39, 0.29) is 11.1 Å². The predicted molar refractivity (Wildman–Crippen MR) is 73.0 cm³/mol. The van der Waals surface area contributed by atoms with Crippen molar-refractivity contribution in [2.75, 3.05) is 6.61 Å². The SMILES string of the molecule is O=S(=O)(NC1CCc2ccccc2OC1)c1cnc[nH]1. The van der Waals surface area contributed by atoms with Gasteiger partial charge in [-0.05, 0) is 24.5 Å². The average molecular weight is 293 g/mol. The van der Waals surface area contributed by atoms with E-state index in [9.17, 15) is 8.42 Å². The second-order valence-electron chi connectivity index (χ2n) is 4.69. The molecule has 0 amide bonds. The molecule has 3 rings (SSSR count). The van der Waals surface area contributed by atoms with E-state index in [1.54, 1.807) is 0 Å². The molecule has 1 aliphatic rings. The summed E-state index contributed by atoms with van der Waals surface area (Å²) in [6, 6.07) is 7.52. The van der Waals surface area contributed by atoms with Crippen LogP contribution in [0.15, 0.2) is 41.8 Å². The Balaban J connectivity index is 1.72. The zero-order valence-electron chi connectivity index (χ0n) is 10.7. The number of ether oxygens (including phenoxy) is 1. The Kier molecular flexibility index (Phi) is 3.45. The number of nitrogens with zero attached hydrogens (tertiary/aromatic N) is 1. The molecule has 2 N–H and O–H groups in total. The summed E-state index contributed by atoms with van der Waals surface area (Å²) in [7, 11) is -3.57. The van der Waals surface area contributed by atoms with Crippen molar-refractivity contribution in [3.8, 4) is 5.75 Å². The molecule has 0 radical (unpaired) electrons. The van der Waals surface area contributed by atoms with Gasteiger partial charge in [0.05, 0.1) is 18.6 Å². The number of sulfonamides is 1. The first kappa shape index (κ1) is 13.1. The highest BCUT2D eigenvalue weighted by Crippen LogP contribution is 2.23. The number of aromatic amines is 1. The van der Waals surface area contributed by atoms with Gasteiger partial charge in [-0.3, -0.25) is 0 Å². The van der Waals surface area contributed by atoms with Gasteiger partial charge in [0.1, 0.15) is 12.4 Å². The van der Waals surface area contributed by atoms with E-state index in [0.717, 1.165) is 17.7 Å². The van der Waals surface area contributed by atoms with Crippen molar-refractivity contribution in [3.63, 3.8) is 0 Å². The number of nitrogens with one attached hydrogen (secondary N) is 2. The summed E-state index contributed by atoms with van der Waals surface area (Å²) in [5, 5.41) is 0.0688. The normalized spacial score (nSPS) is 18.9. The minimum atomic E-state index is -3.57. The second-order valence-corrected chi connectivity index (χ2v) is 6.37. The second kappa shape index (κ2) is 5.26. The number of rotatable bonds is 3. The van der Waals surface area contributed by atoms with E-state index >= 15 is 0 Å². The first-order valence-corrected chi connectivity index (χ1v) is 7.85. The topological polar surface area (TPSA) is 84.1 Å². The van der Waals surface area contributed by atoms with Gasteiger partial charge in [0, 0.05) is 0 Å². The predicted octanol–water partition coefficient (Wildman–Crippen LogP) is 1.08. The molecule has 1 unspecified atom stereocenters. The molecule has 1 aromatic heterocycles. The van der Waals surface area contributed by atoms with E-state index in [0.29, 0.717) is 13.0 Å². The monoisotopic (exact) mass is 293 g/mol. The zero-order chi connectivity index (χ0) is 14.0. The smallest absolute Gasteiger partial charge is 0.257 e. The molecule has 0 aliphatic carbocycles. The number of hydrogen-bond acceptors (Lipinski definition) is 4. The van der Waals surface area contributed by atoms with E-state index in [1.165, 1.54) is 12.5 Å². The molecule has 1 aromatic carbocycles. The lowest BCUT2D eigenvalue weighted by Crippen LogP contribution is -2.38. The van der Waals surface area contributed by atoms with Crippen molar-refractivity contribution in [3.05, 3.63) is 42.4 Å². The third kappa shape index (κ3) is 2.68. The summed E-state index contributed by atoms with van der Waals surface area (Å²) in [6.45, 7) is 0.324. The Hall–Kier alpha value is -1.86. The Bertz CT molecular complexity index is 656. The van der Waals surface area contributed by atoms with Crippen LogP contribution < -0.4 is 9.46 Å². The van der Waals surface area contributed by atoms with Crippen molar-refractivity contribution in [1.82, 2.24) is 14.7 Å². The number of aromatic nitrogens is 2. The maximum Gasteiger partial charge on any atom is 0.257 e. The van der Waals surface area contributed by atoms with Gasteiger partial charge in [-0.1, -0.05) is 18.2 Å². The van der Waals surface area contributed by atoms with Gasteiger partial charge in [0.25, 0.3) is 10.0 Å². The molecular weight excluding hydrogens is 278 g/mol. The molecule has 0 bridgehead atoms. The first-order chi connectivity index (χ1) is 9.65. The highest BCUT2D eigenvalue weighted by molar-refractivity contribution is 7.89. The first-order valence-electron chi connectivity index (χ1n) is 6.36. The van der Waals surface area contributed by atoms with E-state index in [2.05, 4.69) is 14.7 Å². The van der Waals surface area contributed by atoms with Crippen molar-refractivity contribution in [2.45, 2.75) is 23.9 Å². The standard InChI is InChI=1S/C13H15N3O3S/c17-20(18,13-7-14-9-15-13)16-11-6-5-10-3-1-2-4-12(10)19-8-11/h1-4,7,9,11,16H,5-6,8H2,(H,14,15). The maximum atomic E-state index is 12.1. The Morgan fingerprint density at radius 2 is 2.20 bits per heavy atom. The quantitative estimate of drug-likeness (QED) is 0.887. The number of benzene rings is 1. The van der Waals surface area contributed by atoms with Gasteiger partial charge in [-0.2, -0.15) is 0 Å². The number of fused-ring (bicyclic) bond motifs is 1. The molecule has 1 atom stereocenters. The van der Waals surface area contributed by atoms with Crippen LogP contribution in [0.1, 0.15) is 12.0 Å². The lowest BCUT2D eigenvalue weighted by Gasteiger charge is -2.15. The van der Waals surface area contributed by atoms with Crippen molar-refractivity contribution in [1.29, 1.82) is 0 Å². The Morgan fingerprint density at radius 1 is 1.35 bits per heavy atom. The Morgan fingerprint density at radius 3 is 3.00 bits per heavy atom. The third-order valence-corrected chi connectivity index (χ3v) is 4.71. The van der Waals surface area contributed by atoms with E-state index < -0.39 is 10.0 Å². The fourth-order valence-corrected chi connectivity index (χ4v) is 3.38. The van der Waals surface area contributed by atoms with Crippen LogP contribution in [0.3, 0.4) is 0 Å². The van der Waals surface area contributed by atoms with Crippen LogP contribution in [-0.2, 0) is 16.4 Å². The van der Waals surface area contributed by atoms with Crippen LogP contribution in [0.5, 0.6) is 5.75 Å². The molecule has 20 heavy (non-hydrogen) atoms. The van der Waals surface area contributed by atoms with Crippen molar-refractivity contribution < 1.29 is 13.2 Å². The molecule has 6 nitrogen and oxygen atoms in total. The summed E-state index contributed by atoms with van der Waals surface area (Å²) in [5.74, 6) is 0.829. The number of H-pyrrole nitrogens is 1. The maximum absolute atomic E-state index is 12.1. The largest absolute Gasteiger partial charge is 0.492 e. The van der Waals surface area contributed by atoms with Crippen molar-refractivity contribution >= 4 is 10.0 Å². The molecule has 106 valence electrons. The van der Waals surface area contributed by atoms with Crippen LogP contribution in [0.2, 0.25) is 0 Å². The number of para-hydroxylation sites is 1. The van der Waals surface area contributed by atoms with E-state index in [1.807, 2.05) is 24.3 Å². The van der Waals surface area contributed by atoms with Gasteiger partial charge >= 0.3 is 0 Å². The summed E-state index contributed by atoms with van der Waals surface area (Å²) >= 11 is 0. The molecular formula is C13H15N3O3S. The third-order valence-electron chi connectivity index (χ3n) is 3.26. The molecule has 0 saturated carbocycles. The number of hydrogen-bond donors (Lipinski definition) is 2. The molecule has 0 saturated heterocycles. The number of imidazole rings is 1. The fraction of sp³-hybridized carbons (Fsp3) is 0.308. The van der Waals surface area contributed by atoms with Crippen LogP contribution in [-0.4, -0.2) is 31.0 Å². The lowest BCUT2D eigenvalue weighted by atomic mass is 10.1. The molecule has 1 aliphatic heterocycles. The van der Waals surface area contributed by atoms with Crippen LogP contribution in [0.4, 0.5) is 0 Å². The van der Waals surface area contributed by atoms with Gasteiger partial charge in [-0.25, -0.2) is 18.1 Å². The average Bonchev–Trinajstić information content (AvgIpc) is 2.91. The highest BCUT2D eigenvalue weighted by Gasteiger charge is 2.24. The molecule has 0 fully saturated rings. The van der Waals surface area contributed by atoms with Gasteiger partial charge in [0.2, 0.25) is 0 Å². The minimum absolute atomic E-state index is 0.0688. The van der Waals surface area contributed by atoms with E-state index in [4.69, 9.17) is 4.74 Å². The van der Waals surface area contributed by atoms with Crippen molar-refractivity contribution in [2.24, 2.45) is 0 Å². The molecule has 2 aromatic rings. The molecule has 0 spiro atoms. The minimum Gasteiger partial charge on any atom is -0.492 e.